The smallest absolute Gasteiger partial charge is 0.236 e. The largest absolute Gasteiger partial charge is 0.486 e. The maximum atomic E-state index is 13.9. The number of rotatable bonds is 6. The molecular formula is C29H29N3O5S. The van der Waals surface area contributed by atoms with E-state index in [0.717, 1.165) is 30.8 Å². The zero-order chi connectivity index (χ0) is 26.1. The SMILES string of the molecule is Cc1cccc(-c2nc(S(=O)(=O)c3ccc4c(c3)OCCO4)c(N3CCN(Cc4ccccc4)CC3)o2)c1. The molecule has 1 aromatic heterocycles. The second-order valence-electron chi connectivity index (χ2n) is 9.56. The van der Waals surface area contributed by atoms with Crippen LogP contribution in [0.1, 0.15) is 11.1 Å². The number of hydrogen-bond donors (Lipinski definition) is 0. The fourth-order valence-corrected chi connectivity index (χ4v) is 6.16. The summed E-state index contributed by atoms with van der Waals surface area (Å²) in [6, 6.07) is 22.7. The molecule has 0 unspecified atom stereocenters. The number of benzene rings is 3. The first-order chi connectivity index (χ1) is 18.5. The van der Waals surface area contributed by atoms with E-state index in [-0.39, 0.29) is 21.7 Å². The maximum Gasteiger partial charge on any atom is 0.236 e. The predicted molar refractivity (Wildman–Crippen MR) is 143 cm³/mol. The first-order valence-corrected chi connectivity index (χ1v) is 14.2. The van der Waals surface area contributed by atoms with E-state index >= 15 is 0 Å². The normalized spacial score (nSPS) is 16.0. The number of anilines is 1. The molecule has 0 radical (unpaired) electrons. The number of oxazole rings is 1. The van der Waals surface area contributed by atoms with Gasteiger partial charge in [0.1, 0.15) is 13.2 Å². The summed E-state index contributed by atoms with van der Waals surface area (Å²) >= 11 is 0. The van der Waals surface area contributed by atoms with Gasteiger partial charge in [0.05, 0.1) is 4.90 Å². The van der Waals surface area contributed by atoms with Gasteiger partial charge in [-0.25, -0.2) is 8.42 Å². The lowest BCUT2D eigenvalue weighted by Gasteiger charge is -2.34. The van der Waals surface area contributed by atoms with Crippen molar-refractivity contribution in [3.05, 3.63) is 83.9 Å². The molecule has 0 atom stereocenters. The van der Waals surface area contributed by atoms with E-state index in [9.17, 15) is 8.42 Å². The number of ether oxygens (including phenoxy) is 2. The van der Waals surface area contributed by atoms with Gasteiger partial charge in [0.25, 0.3) is 0 Å². The van der Waals surface area contributed by atoms with Crippen molar-refractivity contribution in [2.24, 2.45) is 0 Å². The molecule has 38 heavy (non-hydrogen) atoms. The van der Waals surface area contributed by atoms with Crippen molar-refractivity contribution in [2.75, 3.05) is 44.3 Å². The molecule has 4 aromatic rings. The van der Waals surface area contributed by atoms with Gasteiger partial charge < -0.3 is 18.8 Å². The lowest BCUT2D eigenvalue weighted by molar-refractivity contribution is 0.171. The summed E-state index contributed by atoms with van der Waals surface area (Å²) in [5.74, 6) is 1.50. The van der Waals surface area contributed by atoms with Crippen molar-refractivity contribution in [3.8, 4) is 23.0 Å². The highest BCUT2D eigenvalue weighted by Crippen LogP contribution is 2.38. The minimum Gasteiger partial charge on any atom is -0.486 e. The van der Waals surface area contributed by atoms with E-state index in [1.54, 1.807) is 6.07 Å². The number of hydrogen-bond acceptors (Lipinski definition) is 8. The first kappa shape index (κ1) is 24.5. The van der Waals surface area contributed by atoms with Gasteiger partial charge >= 0.3 is 0 Å². The number of aromatic nitrogens is 1. The van der Waals surface area contributed by atoms with Gasteiger partial charge in [0.2, 0.25) is 26.6 Å². The third kappa shape index (κ3) is 4.87. The van der Waals surface area contributed by atoms with Gasteiger partial charge in [0.15, 0.2) is 11.5 Å². The van der Waals surface area contributed by atoms with Gasteiger partial charge in [-0.05, 0) is 36.8 Å². The van der Waals surface area contributed by atoms with Crippen molar-refractivity contribution in [1.29, 1.82) is 0 Å². The summed E-state index contributed by atoms with van der Waals surface area (Å²) in [7, 11) is -4.01. The predicted octanol–water partition coefficient (Wildman–Crippen LogP) is 4.58. The van der Waals surface area contributed by atoms with Crippen LogP contribution < -0.4 is 14.4 Å². The maximum absolute atomic E-state index is 13.9. The lowest BCUT2D eigenvalue weighted by atomic mass is 10.1. The average molecular weight is 532 g/mol. The Morgan fingerprint density at radius 2 is 1.61 bits per heavy atom. The van der Waals surface area contributed by atoms with Crippen LogP contribution in [0.2, 0.25) is 0 Å². The van der Waals surface area contributed by atoms with Crippen LogP contribution >= 0.6 is 0 Å². The summed E-state index contributed by atoms with van der Waals surface area (Å²) < 4.78 is 45.3. The molecule has 3 aromatic carbocycles. The topological polar surface area (TPSA) is 85.1 Å². The highest BCUT2D eigenvalue weighted by Gasteiger charge is 2.33. The van der Waals surface area contributed by atoms with Crippen LogP contribution in [0.4, 0.5) is 5.88 Å². The Kier molecular flexibility index (Phi) is 6.55. The third-order valence-corrected chi connectivity index (χ3v) is 8.48. The Hall–Kier alpha value is -3.82. The molecule has 3 heterocycles. The standard InChI is InChI=1S/C29H29N3O5S/c1-21-6-5-9-23(18-21)27-30-28(38(33,34)24-10-11-25-26(19-24)36-17-16-35-25)29(37-27)32-14-12-31(13-15-32)20-22-7-3-2-4-8-22/h2-11,18-19H,12-17,20H2,1H3. The molecule has 0 amide bonds. The second kappa shape index (κ2) is 10.2. The second-order valence-corrected chi connectivity index (χ2v) is 11.4. The van der Waals surface area contributed by atoms with Crippen LogP contribution in [-0.2, 0) is 16.4 Å². The van der Waals surface area contributed by atoms with E-state index in [2.05, 4.69) is 22.0 Å². The molecule has 196 valence electrons. The highest BCUT2D eigenvalue weighted by atomic mass is 32.2. The van der Waals surface area contributed by atoms with Gasteiger partial charge in [-0.1, -0.05) is 48.0 Å². The fourth-order valence-electron chi connectivity index (χ4n) is 4.83. The summed E-state index contributed by atoms with van der Waals surface area (Å²) in [5.41, 5.74) is 3.02. The molecule has 8 nitrogen and oxygen atoms in total. The summed E-state index contributed by atoms with van der Waals surface area (Å²) in [4.78, 5) is 9.00. The monoisotopic (exact) mass is 531 g/mol. The van der Waals surface area contributed by atoms with Crippen molar-refractivity contribution < 1.29 is 22.3 Å². The minimum atomic E-state index is -4.01. The number of fused-ring (bicyclic) bond motifs is 1. The molecule has 9 heteroatoms. The molecule has 0 N–H and O–H groups in total. The Labute approximate surface area is 222 Å². The quantitative estimate of drug-likeness (QED) is 0.358. The van der Waals surface area contributed by atoms with Gasteiger partial charge in [-0.3, -0.25) is 4.90 Å². The van der Waals surface area contributed by atoms with Gasteiger partial charge in [-0.15, -0.1) is 0 Å². The van der Waals surface area contributed by atoms with Gasteiger partial charge in [0, 0.05) is 44.4 Å². The summed E-state index contributed by atoms with van der Waals surface area (Å²) in [5, 5.41) is -0.0813. The van der Waals surface area contributed by atoms with Crippen LogP contribution in [0.3, 0.4) is 0 Å². The Bertz CT molecular complexity index is 1540. The van der Waals surface area contributed by atoms with E-state index in [0.29, 0.717) is 37.8 Å². The zero-order valence-corrected chi connectivity index (χ0v) is 22.0. The van der Waals surface area contributed by atoms with Crippen molar-refractivity contribution in [3.63, 3.8) is 0 Å². The lowest BCUT2D eigenvalue weighted by Crippen LogP contribution is -2.46. The molecule has 1 fully saturated rings. The third-order valence-electron chi connectivity index (χ3n) is 6.83. The minimum absolute atomic E-state index is 0.0813. The molecule has 6 rings (SSSR count). The average Bonchev–Trinajstić information content (AvgIpc) is 3.40. The van der Waals surface area contributed by atoms with E-state index in [1.165, 1.54) is 17.7 Å². The first-order valence-electron chi connectivity index (χ1n) is 12.7. The van der Waals surface area contributed by atoms with Crippen molar-refractivity contribution >= 4 is 15.7 Å². The molecule has 0 saturated carbocycles. The molecular weight excluding hydrogens is 502 g/mol. The molecule has 2 aliphatic rings. The van der Waals surface area contributed by atoms with Gasteiger partial charge in [-0.2, -0.15) is 4.98 Å². The van der Waals surface area contributed by atoms with E-state index in [1.807, 2.05) is 54.3 Å². The summed E-state index contributed by atoms with van der Waals surface area (Å²) in [6.45, 7) is 6.43. The van der Waals surface area contributed by atoms with E-state index < -0.39 is 9.84 Å². The Balaban J connectivity index is 1.33. The number of nitrogens with zero attached hydrogens (tertiary/aromatic N) is 3. The van der Waals surface area contributed by atoms with Crippen LogP contribution in [0.5, 0.6) is 11.5 Å². The van der Waals surface area contributed by atoms with Crippen LogP contribution in [0, 0.1) is 6.92 Å². The van der Waals surface area contributed by atoms with Crippen LogP contribution in [0.15, 0.2) is 87.1 Å². The van der Waals surface area contributed by atoms with E-state index in [4.69, 9.17) is 13.9 Å². The van der Waals surface area contributed by atoms with Crippen molar-refractivity contribution in [1.82, 2.24) is 9.88 Å². The Morgan fingerprint density at radius 1 is 0.842 bits per heavy atom. The number of aryl methyl sites for hydroxylation is 1. The van der Waals surface area contributed by atoms with Crippen LogP contribution in [-0.4, -0.2) is 57.7 Å². The molecule has 0 bridgehead atoms. The molecule has 0 aliphatic carbocycles. The fraction of sp³-hybridized carbons (Fsp3) is 0.276. The molecule has 1 saturated heterocycles. The zero-order valence-electron chi connectivity index (χ0n) is 21.2. The molecule has 0 spiro atoms. The number of piperazine rings is 1. The Morgan fingerprint density at radius 3 is 2.37 bits per heavy atom. The van der Waals surface area contributed by atoms with Crippen LogP contribution in [0.25, 0.3) is 11.5 Å². The van der Waals surface area contributed by atoms with Crippen molar-refractivity contribution in [2.45, 2.75) is 23.4 Å². The molecule has 2 aliphatic heterocycles. The number of sulfone groups is 1. The summed E-state index contributed by atoms with van der Waals surface area (Å²) in [6.07, 6.45) is 0. The highest BCUT2D eigenvalue weighted by molar-refractivity contribution is 7.91.